The molecule has 1 aliphatic heterocycles. The summed E-state index contributed by atoms with van der Waals surface area (Å²) in [5.74, 6) is 1.12. The molecular formula is C17H23N5OS. The Balaban J connectivity index is 1.52. The number of guanidine groups is 1. The Morgan fingerprint density at radius 3 is 2.96 bits per heavy atom. The number of hydrogen-bond donors (Lipinski definition) is 2. The van der Waals surface area contributed by atoms with Crippen LogP contribution in [0.25, 0.3) is 0 Å². The molecule has 0 atom stereocenters. The van der Waals surface area contributed by atoms with Crippen LogP contribution < -0.4 is 20.7 Å². The minimum atomic E-state index is 0.384. The average molecular weight is 345 g/mol. The van der Waals surface area contributed by atoms with Crippen LogP contribution in [0.15, 0.2) is 34.6 Å². The zero-order valence-corrected chi connectivity index (χ0v) is 14.7. The molecule has 0 aliphatic carbocycles. The van der Waals surface area contributed by atoms with Gasteiger partial charge in [-0.1, -0.05) is 12.1 Å². The van der Waals surface area contributed by atoms with Gasteiger partial charge in [0.25, 0.3) is 0 Å². The molecule has 2 aromatic rings. The molecule has 0 radical (unpaired) electrons. The second kappa shape index (κ2) is 8.01. The van der Waals surface area contributed by atoms with Crippen molar-refractivity contribution < 1.29 is 4.74 Å². The van der Waals surface area contributed by atoms with E-state index in [0.717, 1.165) is 41.8 Å². The van der Waals surface area contributed by atoms with Crippen LogP contribution >= 0.6 is 11.3 Å². The highest BCUT2D eigenvalue weighted by Crippen LogP contribution is 2.24. The van der Waals surface area contributed by atoms with Gasteiger partial charge >= 0.3 is 0 Å². The number of para-hydroxylation sites is 2. The molecule has 24 heavy (non-hydrogen) atoms. The summed E-state index contributed by atoms with van der Waals surface area (Å²) in [6.45, 7) is 2.86. The zero-order chi connectivity index (χ0) is 16.8. The van der Waals surface area contributed by atoms with Crippen LogP contribution in [0.2, 0.25) is 0 Å². The summed E-state index contributed by atoms with van der Waals surface area (Å²) in [7, 11) is 1.63. The van der Waals surface area contributed by atoms with E-state index in [9.17, 15) is 0 Å². The molecule has 6 nitrogen and oxygen atoms in total. The number of nitrogens with one attached hydrogen (secondary N) is 1. The molecule has 3 N–H and O–H groups in total. The first-order valence-corrected chi connectivity index (χ1v) is 9.03. The molecule has 1 aromatic heterocycles. The fraction of sp³-hybridized carbons (Fsp3) is 0.412. The third kappa shape index (κ3) is 4.17. The second-order valence-electron chi connectivity index (χ2n) is 5.66. The van der Waals surface area contributed by atoms with Crippen molar-refractivity contribution in [2.45, 2.75) is 19.3 Å². The van der Waals surface area contributed by atoms with E-state index in [2.05, 4.69) is 20.6 Å². The topological polar surface area (TPSA) is 75.8 Å². The quantitative estimate of drug-likeness (QED) is 0.622. The molecule has 1 aliphatic rings. The van der Waals surface area contributed by atoms with E-state index in [-0.39, 0.29) is 0 Å². The maximum absolute atomic E-state index is 5.96. The number of benzene rings is 1. The third-order valence-corrected chi connectivity index (χ3v) is 4.89. The molecule has 1 saturated heterocycles. The van der Waals surface area contributed by atoms with E-state index in [1.165, 1.54) is 12.8 Å². The first-order chi connectivity index (χ1) is 11.8. The Bertz CT molecular complexity index is 694. The molecule has 3 rings (SSSR count). The molecule has 0 spiro atoms. The van der Waals surface area contributed by atoms with Gasteiger partial charge in [-0.3, -0.25) is 4.99 Å². The summed E-state index contributed by atoms with van der Waals surface area (Å²) in [6.07, 6.45) is 3.33. The van der Waals surface area contributed by atoms with Crippen LogP contribution in [-0.2, 0) is 6.42 Å². The highest BCUT2D eigenvalue weighted by molar-refractivity contribution is 7.13. The molecule has 0 saturated carbocycles. The van der Waals surface area contributed by atoms with Crippen molar-refractivity contribution in [2.75, 3.05) is 37.0 Å². The predicted molar refractivity (Wildman–Crippen MR) is 100 cm³/mol. The summed E-state index contributed by atoms with van der Waals surface area (Å²) in [4.78, 5) is 11.4. The number of thiazole rings is 1. The Morgan fingerprint density at radius 2 is 2.17 bits per heavy atom. The normalized spacial score (nSPS) is 14.9. The summed E-state index contributed by atoms with van der Waals surface area (Å²) < 4.78 is 5.29. The lowest BCUT2D eigenvalue weighted by atomic mass is 10.3. The van der Waals surface area contributed by atoms with Crippen molar-refractivity contribution in [3.8, 4) is 5.75 Å². The minimum Gasteiger partial charge on any atom is -0.495 e. The molecule has 7 heteroatoms. The fourth-order valence-electron chi connectivity index (χ4n) is 2.68. The first-order valence-electron chi connectivity index (χ1n) is 8.15. The Labute approximate surface area is 146 Å². The lowest BCUT2D eigenvalue weighted by molar-refractivity contribution is 0.417. The van der Waals surface area contributed by atoms with Gasteiger partial charge in [0.05, 0.1) is 18.5 Å². The van der Waals surface area contributed by atoms with Crippen LogP contribution in [0.5, 0.6) is 5.75 Å². The molecule has 0 unspecified atom stereocenters. The number of rotatable bonds is 6. The summed E-state index contributed by atoms with van der Waals surface area (Å²) in [6, 6.07) is 7.62. The maximum atomic E-state index is 5.96. The van der Waals surface area contributed by atoms with Gasteiger partial charge in [0.2, 0.25) is 0 Å². The number of nitrogens with two attached hydrogens (primary N) is 1. The molecule has 1 aromatic carbocycles. The molecule has 128 valence electrons. The smallest absolute Gasteiger partial charge is 0.193 e. The number of nitrogens with zero attached hydrogens (tertiary/aromatic N) is 3. The molecule has 2 heterocycles. The molecule has 0 amide bonds. The van der Waals surface area contributed by atoms with Gasteiger partial charge in [-0.25, -0.2) is 4.98 Å². The van der Waals surface area contributed by atoms with E-state index in [1.54, 1.807) is 18.4 Å². The van der Waals surface area contributed by atoms with E-state index in [0.29, 0.717) is 12.5 Å². The monoisotopic (exact) mass is 345 g/mol. The lowest BCUT2D eigenvalue weighted by Crippen LogP contribution is -2.23. The Morgan fingerprint density at radius 1 is 1.38 bits per heavy atom. The predicted octanol–water partition coefficient (Wildman–Crippen LogP) is 2.72. The second-order valence-corrected chi connectivity index (χ2v) is 6.49. The Hall–Kier alpha value is -2.28. The zero-order valence-electron chi connectivity index (χ0n) is 13.9. The molecule has 0 bridgehead atoms. The number of hydrogen-bond acceptors (Lipinski definition) is 5. The van der Waals surface area contributed by atoms with Gasteiger partial charge in [0.15, 0.2) is 11.1 Å². The van der Waals surface area contributed by atoms with E-state index >= 15 is 0 Å². The van der Waals surface area contributed by atoms with Gasteiger partial charge < -0.3 is 20.7 Å². The van der Waals surface area contributed by atoms with Gasteiger partial charge in [-0.05, 0) is 25.0 Å². The van der Waals surface area contributed by atoms with E-state index < -0.39 is 0 Å². The highest BCUT2D eigenvalue weighted by Gasteiger charge is 2.15. The van der Waals surface area contributed by atoms with Crippen molar-refractivity contribution >= 4 is 28.1 Å². The SMILES string of the molecule is COc1ccccc1NC(N)=NCCc1csc(N2CCCC2)n1. The number of anilines is 2. The van der Waals surface area contributed by atoms with E-state index in [4.69, 9.17) is 15.5 Å². The van der Waals surface area contributed by atoms with Crippen LogP contribution in [0.1, 0.15) is 18.5 Å². The van der Waals surface area contributed by atoms with Crippen molar-refractivity contribution in [3.63, 3.8) is 0 Å². The first kappa shape index (κ1) is 16.6. The van der Waals surface area contributed by atoms with Crippen molar-refractivity contribution in [1.82, 2.24) is 4.98 Å². The molecular weight excluding hydrogens is 322 g/mol. The van der Waals surface area contributed by atoms with Crippen molar-refractivity contribution in [1.29, 1.82) is 0 Å². The van der Waals surface area contributed by atoms with Crippen LogP contribution in [0, 0.1) is 0 Å². The summed E-state index contributed by atoms with van der Waals surface area (Å²) >= 11 is 1.72. The Kier molecular flexibility index (Phi) is 5.53. The van der Waals surface area contributed by atoms with Crippen molar-refractivity contribution in [2.24, 2.45) is 10.7 Å². The standard InChI is InChI=1S/C17H23N5OS/c1-23-15-7-3-2-6-14(15)21-16(18)19-9-8-13-12-24-17(20-13)22-10-4-5-11-22/h2-3,6-7,12H,4-5,8-11H2,1H3,(H3,18,19,21). The highest BCUT2D eigenvalue weighted by atomic mass is 32.1. The maximum Gasteiger partial charge on any atom is 0.193 e. The van der Waals surface area contributed by atoms with Gasteiger partial charge in [-0.15, -0.1) is 11.3 Å². The van der Waals surface area contributed by atoms with E-state index in [1.807, 2.05) is 24.3 Å². The fourth-order valence-corrected chi connectivity index (χ4v) is 3.59. The largest absolute Gasteiger partial charge is 0.495 e. The third-order valence-electron chi connectivity index (χ3n) is 3.94. The van der Waals surface area contributed by atoms with Crippen molar-refractivity contribution in [3.05, 3.63) is 35.3 Å². The van der Waals surface area contributed by atoms with Crippen LogP contribution in [-0.4, -0.2) is 37.7 Å². The van der Waals surface area contributed by atoms with Gasteiger partial charge in [0.1, 0.15) is 5.75 Å². The van der Waals surface area contributed by atoms with Crippen LogP contribution in [0.3, 0.4) is 0 Å². The summed E-state index contributed by atoms with van der Waals surface area (Å²) in [5, 5.41) is 6.32. The van der Waals surface area contributed by atoms with Crippen LogP contribution in [0.4, 0.5) is 10.8 Å². The van der Waals surface area contributed by atoms with Gasteiger partial charge in [0, 0.05) is 31.4 Å². The molecule has 1 fully saturated rings. The number of aromatic nitrogens is 1. The number of methoxy groups -OCH3 is 1. The van der Waals surface area contributed by atoms with Gasteiger partial charge in [-0.2, -0.15) is 0 Å². The average Bonchev–Trinajstić information content (AvgIpc) is 3.26. The number of aliphatic imine (C=N–C) groups is 1. The summed E-state index contributed by atoms with van der Waals surface area (Å²) in [5.41, 5.74) is 7.85. The lowest BCUT2D eigenvalue weighted by Gasteiger charge is -2.12. The number of ether oxygens (including phenoxy) is 1. The minimum absolute atomic E-state index is 0.384.